The van der Waals surface area contributed by atoms with E-state index in [2.05, 4.69) is 10.2 Å². The number of para-hydroxylation sites is 1. The van der Waals surface area contributed by atoms with Gasteiger partial charge in [-0.05, 0) is 31.9 Å². The predicted octanol–water partition coefficient (Wildman–Crippen LogP) is 1.47. The fraction of sp³-hybridized carbons (Fsp3) is 0.412. The molecule has 132 valence electrons. The van der Waals surface area contributed by atoms with Crippen LogP contribution in [0.5, 0.6) is 0 Å². The Morgan fingerprint density at radius 1 is 1.32 bits per heavy atom. The third kappa shape index (κ3) is 4.01. The largest absolute Gasteiger partial charge is 0.369 e. The number of hydrogen-bond acceptors (Lipinski definition) is 5. The van der Waals surface area contributed by atoms with Crippen LogP contribution in [0.4, 0.5) is 0 Å². The van der Waals surface area contributed by atoms with Gasteiger partial charge in [-0.1, -0.05) is 30.0 Å². The van der Waals surface area contributed by atoms with Gasteiger partial charge >= 0.3 is 0 Å². The minimum atomic E-state index is -0.332. The van der Waals surface area contributed by atoms with E-state index in [9.17, 15) is 9.59 Å². The van der Waals surface area contributed by atoms with Gasteiger partial charge in [0, 0.05) is 18.8 Å². The van der Waals surface area contributed by atoms with Crippen LogP contribution in [0, 0.1) is 5.92 Å². The van der Waals surface area contributed by atoms with Crippen LogP contribution in [-0.4, -0.2) is 49.8 Å². The summed E-state index contributed by atoms with van der Waals surface area (Å²) >= 11 is 1.37. The average molecular weight is 359 g/mol. The number of carbonyl (C=O) groups is 2. The molecule has 2 heterocycles. The number of benzene rings is 1. The number of nitrogens with zero attached hydrogens (tertiary/aromatic N) is 4. The molecule has 0 radical (unpaired) electrons. The summed E-state index contributed by atoms with van der Waals surface area (Å²) in [4.78, 5) is 25.9. The highest BCUT2D eigenvalue weighted by atomic mass is 32.2. The highest BCUT2D eigenvalue weighted by molar-refractivity contribution is 8.00. The molecule has 0 spiro atoms. The normalized spacial score (nSPS) is 18.8. The Morgan fingerprint density at radius 2 is 2.08 bits per heavy atom. The van der Waals surface area contributed by atoms with Gasteiger partial charge < -0.3 is 10.6 Å². The van der Waals surface area contributed by atoms with E-state index in [0.29, 0.717) is 18.2 Å². The molecule has 2 aromatic rings. The van der Waals surface area contributed by atoms with Crippen LogP contribution in [0.2, 0.25) is 0 Å². The number of amides is 2. The second kappa shape index (κ2) is 7.69. The predicted molar refractivity (Wildman–Crippen MR) is 95.2 cm³/mol. The first kappa shape index (κ1) is 17.5. The molecule has 25 heavy (non-hydrogen) atoms. The lowest BCUT2D eigenvalue weighted by Gasteiger charge is -2.32. The molecule has 2 unspecified atom stereocenters. The molecule has 2 atom stereocenters. The number of carbonyl (C=O) groups excluding carboxylic acids is 2. The zero-order valence-corrected chi connectivity index (χ0v) is 14.9. The molecule has 2 N–H and O–H groups in total. The van der Waals surface area contributed by atoms with E-state index in [4.69, 9.17) is 5.73 Å². The third-order valence-electron chi connectivity index (χ3n) is 4.32. The summed E-state index contributed by atoms with van der Waals surface area (Å²) in [7, 11) is 0. The molecule has 2 amide bonds. The fourth-order valence-corrected chi connectivity index (χ4v) is 3.87. The van der Waals surface area contributed by atoms with Crippen molar-refractivity contribution in [1.82, 2.24) is 19.7 Å². The first-order chi connectivity index (χ1) is 12.1. The van der Waals surface area contributed by atoms with Crippen molar-refractivity contribution < 1.29 is 9.59 Å². The fourth-order valence-electron chi connectivity index (χ4n) is 2.95. The molecular formula is C17H21N5O2S. The van der Waals surface area contributed by atoms with Crippen molar-refractivity contribution in [1.29, 1.82) is 0 Å². The lowest BCUT2D eigenvalue weighted by atomic mass is 9.97. The minimum absolute atomic E-state index is 0.00133. The Bertz CT molecular complexity index is 749. The van der Waals surface area contributed by atoms with Crippen molar-refractivity contribution in [3.05, 3.63) is 36.7 Å². The van der Waals surface area contributed by atoms with Gasteiger partial charge in [0.05, 0.1) is 11.2 Å². The molecule has 0 bridgehead atoms. The number of piperidine rings is 1. The molecule has 1 aromatic carbocycles. The van der Waals surface area contributed by atoms with E-state index in [-0.39, 0.29) is 23.0 Å². The van der Waals surface area contributed by atoms with E-state index in [1.807, 2.05) is 41.8 Å². The first-order valence-corrected chi connectivity index (χ1v) is 9.14. The van der Waals surface area contributed by atoms with Gasteiger partial charge in [0.25, 0.3) is 0 Å². The number of likely N-dealkylation sites (tertiary alicyclic amines) is 1. The molecule has 1 fully saturated rings. The average Bonchev–Trinajstić information content (AvgIpc) is 3.10. The second-order valence-electron chi connectivity index (χ2n) is 6.10. The van der Waals surface area contributed by atoms with Crippen LogP contribution in [0.25, 0.3) is 5.69 Å². The van der Waals surface area contributed by atoms with Gasteiger partial charge in [0.2, 0.25) is 11.8 Å². The van der Waals surface area contributed by atoms with Crippen molar-refractivity contribution >= 4 is 23.6 Å². The molecule has 1 aliphatic heterocycles. The van der Waals surface area contributed by atoms with Crippen LogP contribution < -0.4 is 5.73 Å². The maximum Gasteiger partial charge on any atom is 0.235 e. The van der Waals surface area contributed by atoms with E-state index in [1.54, 1.807) is 11.2 Å². The smallest absolute Gasteiger partial charge is 0.235 e. The summed E-state index contributed by atoms with van der Waals surface area (Å²) in [6.45, 7) is 2.92. The van der Waals surface area contributed by atoms with E-state index in [0.717, 1.165) is 18.5 Å². The lowest BCUT2D eigenvalue weighted by molar-refractivity contribution is -0.134. The molecule has 1 saturated heterocycles. The van der Waals surface area contributed by atoms with Gasteiger partial charge in [0.15, 0.2) is 5.16 Å². The van der Waals surface area contributed by atoms with Crippen molar-refractivity contribution in [3.63, 3.8) is 0 Å². The van der Waals surface area contributed by atoms with Gasteiger partial charge in [-0.25, -0.2) is 0 Å². The van der Waals surface area contributed by atoms with Crippen molar-refractivity contribution in [3.8, 4) is 5.69 Å². The van der Waals surface area contributed by atoms with Crippen molar-refractivity contribution in [2.75, 3.05) is 13.1 Å². The number of thioether (sulfide) groups is 1. The topological polar surface area (TPSA) is 94.1 Å². The molecule has 3 rings (SSSR count). The highest BCUT2D eigenvalue weighted by Gasteiger charge is 2.30. The molecule has 0 aliphatic carbocycles. The van der Waals surface area contributed by atoms with Crippen LogP contribution in [-0.2, 0) is 9.59 Å². The number of rotatable bonds is 5. The highest BCUT2D eigenvalue weighted by Crippen LogP contribution is 2.26. The number of aromatic nitrogens is 3. The van der Waals surface area contributed by atoms with Crippen molar-refractivity contribution in [2.24, 2.45) is 11.7 Å². The summed E-state index contributed by atoms with van der Waals surface area (Å²) in [5.74, 6) is -0.580. The summed E-state index contributed by atoms with van der Waals surface area (Å²) in [5.41, 5.74) is 6.34. The maximum absolute atomic E-state index is 12.7. The summed E-state index contributed by atoms with van der Waals surface area (Å²) in [6, 6.07) is 9.74. The van der Waals surface area contributed by atoms with Gasteiger partial charge in [-0.3, -0.25) is 14.2 Å². The van der Waals surface area contributed by atoms with Gasteiger partial charge in [-0.15, -0.1) is 10.2 Å². The van der Waals surface area contributed by atoms with Crippen molar-refractivity contribution in [2.45, 2.75) is 30.2 Å². The van der Waals surface area contributed by atoms with Crippen LogP contribution in [0.15, 0.2) is 41.8 Å². The first-order valence-electron chi connectivity index (χ1n) is 8.26. The number of hydrogen-bond donors (Lipinski definition) is 1. The molecular weight excluding hydrogens is 338 g/mol. The molecule has 8 heteroatoms. The Kier molecular flexibility index (Phi) is 5.37. The summed E-state index contributed by atoms with van der Waals surface area (Å²) in [5, 5.41) is 8.44. The Hall–Kier alpha value is -2.35. The monoisotopic (exact) mass is 359 g/mol. The Morgan fingerprint density at radius 3 is 2.80 bits per heavy atom. The molecule has 7 nitrogen and oxygen atoms in total. The Labute approximate surface area is 150 Å². The van der Waals surface area contributed by atoms with Crippen LogP contribution >= 0.6 is 11.8 Å². The Balaban J connectivity index is 1.68. The lowest BCUT2D eigenvalue weighted by Crippen LogP contribution is -2.46. The quantitative estimate of drug-likeness (QED) is 0.816. The zero-order chi connectivity index (χ0) is 17.8. The van der Waals surface area contributed by atoms with Crippen LogP contribution in [0.1, 0.15) is 19.8 Å². The second-order valence-corrected chi connectivity index (χ2v) is 7.41. The number of primary amides is 1. The SMILES string of the molecule is CC(Sc1nncn1-c1ccccc1)C(=O)N1CCCC(C(N)=O)C1. The van der Waals surface area contributed by atoms with Gasteiger partial charge in [0.1, 0.15) is 6.33 Å². The molecule has 0 saturated carbocycles. The van der Waals surface area contributed by atoms with Crippen LogP contribution in [0.3, 0.4) is 0 Å². The summed E-state index contributed by atoms with van der Waals surface area (Å²) in [6.07, 6.45) is 3.19. The van der Waals surface area contributed by atoms with Gasteiger partial charge in [-0.2, -0.15) is 0 Å². The molecule has 1 aromatic heterocycles. The molecule has 1 aliphatic rings. The van der Waals surface area contributed by atoms with E-state index < -0.39 is 0 Å². The number of nitrogens with two attached hydrogens (primary N) is 1. The van der Waals surface area contributed by atoms with E-state index in [1.165, 1.54) is 11.8 Å². The minimum Gasteiger partial charge on any atom is -0.369 e. The summed E-state index contributed by atoms with van der Waals surface area (Å²) < 4.78 is 1.86. The third-order valence-corrected chi connectivity index (χ3v) is 5.36. The zero-order valence-electron chi connectivity index (χ0n) is 14.0. The maximum atomic E-state index is 12.7. The van der Waals surface area contributed by atoms with E-state index >= 15 is 0 Å². The standard InChI is InChI=1S/C17H21N5O2S/c1-12(16(24)21-9-5-6-13(10-21)15(18)23)25-17-20-19-11-22(17)14-7-3-2-4-8-14/h2-4,7-8,11-13H,5-6,9-10H2,1H3,(H2,18,23).